The molecule has 0 aromatic heterocycles. The third kappa shape index (κ3) is 4.27. The summed E-state index contributed by atoms with van der Waals surface area (Å²) < 4.78 is 11.7. The lowest BCUT2D eigenvalue weighted by molar-refractivity contribution is 0.101. The molecule has 0 unspecified atom stereocenters. The van der Waals surface area contributed by atoms with Crippen LogP contribution in [-0.2, 0) is 6.61 Å². The number of benzene rings is 3. The van der Waals surface area contributed by atoms with Crippen molar-refractivity contribution in [3.05, 3.63) is 97.7 Å². The molecule has 3 aromatic carbocycles. The number of ketones is 1. The summed E-state index contributed by atoms with van der Waals surface area (Å²) in [5.41, 5.74) is 2.97. The van der Waals surface area contributed by atoms with E-state index in [2.05, 4.69) is 0 Å². The lowest BCUT2D eigenvalue weighted by Gasteiger charge is -2.10. The number of fused-ring (bicyclic) bond motifs is 1. The van der Waals surface area contributed by atoms with E-state index in [4.69, 9.17) is 44.3 Å². The highest BCUT2D eigenvalue weighted by Gasteiger charge is 2.30. The van der Waals surface area contributed by atoms with Crippen LogP contribution in [0.15, 0.2) is 60.4 Å². The van der Waals surface area contributed by atoms with Gasteiger partial charge < -0.3 is 9.47 Å². The topological polar surface area (TPSA) is 35.5 Å². The molecule has 0 spiro atoms. The summed E-state index contributed by atoms with van der Waals surface area (Å²) in [6, 6.07) is 16.0. The van der Waals surface area contributed by atoms with Crippen molar-refractivity contribution in [1.82, 2.24) is 0 Å². The average molecular weight is 446 g/mol. The van der Waals surface area contributed by atoms with E-state index >= 15 is 0 Å². The highest BCUT2D eigenvalue weighted by atomic mass is 35.5. The number of carbonyl (C=O) groups is 1. The highest BCUT2D eigenvalue weighted by molar-refractivity contribution is 6.35. The van der Waals surface area contributed by atoms with Crippen LogP contribution in [0.3, 0.4) is 0 Å². The molecule has 29 heavy (non-hydrogen) atoms. The van der Waals surface area contributed by atoms with Gasteiger partial charge in [-0.2, -0.15) is 0 Å². The first-order valence-electron chi connectivity index (χ1n) is 8.82. The van der Waals surface area contributed by atoms with Gasteiger partial charge >= 0.3 is 0 Å². The molecule has 0 saturated heterocycles. The number of ether oxygens (including phenoxy) is 2. The summed E-state index contributed by atoms with van der Waals surface area (Å²) in [5.74, 6) is 1.18. The van der Waals surface area contributed by atoms with Crippen molar-refractivity contribution < 1.29 is 14.3 Å². The number of halogens is 3. The van der Waals surface area contributed by atoms with Crippen LogP contribution >= 0.6 is 34.8 Å². The fourth-order valence-electron chi connectivity index (χ4n) is 3.07. The van der Waals surface area contributed by atoms with Gasteiger partial charge in [-0.25, -0.2) is 0 Å². The number of hydrogen-bond acceptors (Lipinski definition) is 3. The number of hydrogen-bond donors (Lipinski definition) is 0. The molecule has 4 rings (SSSR count). The molecule has 0 radical (unpaired) electrons. The van der Waals surface area contributed by atoms with Crippen LogP contribution in [0.4, 0.5) is 0 Å². The van der Waals surface area contributed by atoms with Crippen LogP contribution in [0.2, 0.25) is 15.1 Å². The quantitative estimate of drug-likeness (QED) is 0.400. The predicted molar refractivity (Wildman–Crippen MR) is 116 cm³/mol. The van der Waals surface area contributed by atoms with Crippen molar-refractivity contribution in [2.24, 2.45) is 0 Å². The molecule has 0 fully saturated rings. The summed E-state index contributed by atoms with van der Waals surface area (Å²) in [6.07, 6.45) is 1.70. The third-order valence-electron chi connectivity index (χ3n) is 4.52. The van der Waals surface area contributed by atoms with Gasteiger partial charge in [-0.15, -0.1) is 0 Å². The molecule has 3 aromatic rings. The van der Waals surface area contributed by atoms with Crippen molar-refractivity contribution >= 4 is 46.7 Å². The normalized spacial score (nSPS) is 14.1. The smallest absolute Gasteiger partial charge is 0.232 e. The van der Waals surface area contributed by atoms with Crippen molar-refractivity contribution in [1.29, 1.82) is 0 Å². The zero-order chi connectivity index (χ0) is 20.5. The van der Waals surface area contributed by atoms with Crippen LogP contribution in [0.25, 0.3) is 6.08 Å². The Balaban J connectivity index is 1.56. The van der Waals surface area contributed by atoms with Crippen molar-refractivity contribution in [2.75, 3.05) is 0 Å². The SMILES string of the molecule is Cc1cc(OCc2ccc(Cl)cc2Cl)cc2c1C(=O)/C(=C/c1ccc(Cl)cc1)O2. The highest BCUT2D eigenvalue weighted by Crippen LogP contribution is 2.38. The van der Waals surface area contributed by atoms with Crippen LogP contribution in [0.1, 0.15) is 27.0 Å². The van der Waals surface area contributed by atoms with Crippen molar-refractivity contribution in [3.63, 3.8) is 0 Å². The Kier molecular flexibility index (Phi) is 5.55. The molecule has 0 aliphatic carbocycles. The van der Waals surface area contributed by atoms with Crippen molar-refractivity contribution in [3.8, 4) is 11.5 Å². The van der Waals surface area contributed by atoms with Crippen LogP contribution in [0, 0.1) is 6.92 Å². The van der Waals surface area contributed by atoms with E-state index in [0.717, 1.165) is 16.7 Å². The zero-order valence-corrected chi connectivity index (χ0v) is 17.6. The predicted octanol–water partition coefficient (Wildman–Crippen LogP) is 7.15. The maximum atomic E-state index is 12.8. The first-order chi connectivity index (χ1) is 13.9. The van der Waals surface area contributed by atoms with Crippen LogP contribution in [-0.4, -0.2) is 5.78 Å². The van der Waals surface area contributed by atoms with Crippen molar-refractivity contribution in [2.45, 2.75) is 13.5 Å². The number of carbonyl (C=O) groups excluding carboxylic acids is 1. The lowest BCUT2D eigenvalue weighted by atomic mass is 10.0. The van der Waals surface area contributed by atoms with Crippen LogP contribution < -0.4 is 9.47 Å². The Bertz CT molecular complexity index is 1130. The van der Waals surface area contributed by atoms with E-state index in [0.29, 0.717) is 32.1 Å². The van der Waals surface area contributed by atoms with Gasteiger partial charge in [0.25, 0.3) is 0 Å². The maximum absolute atomic E-state index is 12.8. The summed E-state index contributed by atoms with van der Waals surface area (Å²) in [6.45, 7) is 2.13. The fraction of sp³-hybridized carbons (Fsp3) is 0.0870. The Labute approximate surface area is 183 Å². The van der Waals surface area contributed by atoms with Gasteiger partial charge in [0, 0.05) is 26.7 Å². The van der Waals surface area contributed by atoms with E-state index < -0.39 is 0 Å². The molecule has 1 aliphatic heterocycles. The molecule has 1 aliphatic rings. The maximum Gasteiger partial charge on any atom is 0.232 e. The number of Topliss-reactive ketones (excluding diaryl/α,β-unsaturated/α-hetero) is 1. The second kappa shape index (κ2) is 8.11. The monoisotopic (exact) mass is 444 g/mol. The number of rotatable bonds is 4. The second-order valence-corrected chi connectivity index (χ2v) is 7.91. The van der Waals surface area contributed by atoms with E-state index in [-0.39, 0.29) is 18.1 Å². The minimum absolute atomic E-state index is 0.153. The van der Waals surface area contributed by atoms with Crippen LogP contribution in [0.5, 0.6) is 11.5 Å². The van der Waals surface area contributed by atoms with E-state index in [1.54, 1.807) is 36.4 Å². The van der Waals surface area contributed by atoms with Gasteiger partial charge in [0.1, 0.15) is 18.1 Å². The van der Waals surface area contributed by atoms with E-state index in [1.807, 2.05) is 31.2 Å². The second-order valence-electron chi connectivity index (χ2n) is 6.63. The number of aryl methyl sites for hydroxylation is 1. The van der Waals surface area contributed by atoms with E-state index in [1.165, 1.54) is 0 Å². The molecule has 0 N–H and O–H groups in total. The summed E-state index contributed by atoms with van der Waals surface area (Å²) in [5, 5.41) is 1.74. The summed E-state index contributed by atoms with van der Waals surface area (Å²) in [7, 11) is 0. The standard InChI is InChI=1S/C23H15Cl3O3/c1-13-8-18(28-12-15-4-7-17(25)10-19(15)26)11-20-22(13)23(27)21(29-20)9-14-2-5-16(24)6-3-14/h2-11H,12H2,1H3/b21-9-. The molecular formula is C23H15Cl3O3. The first kappa shape index (κ1) is 19.8. The molecule has 0 amide bonds. The Morgan fingerprint density at radius 1 is 0.966 bits per heavy atom. The fourth-order valence-corrected chi connectivity index (χ4v) is 3.66. The van der Waals surface area contributed by atoms with Gasteiger partial charge in [-0.05, 0) is 54.5 Å². The Morgan fingerprint density at radius 3 is 2.41 bits per heavy atom. The summed E-state index contributed by atoms with van der Waals surface area (Å²) in [4.78, 5) is 12.8. The minimum atomic E-state index is -0.153. The van der Waals surface area contributed by atoms with Gasteiger partial charge in [0.15, 0.2) is 5.76 Å². The van der Waals surface area contributed by atoms with Gasteiger partial charge in [-0.3, -0.25) is 4.79 Å². The van der Waals surface area contributed by atoms with E-state index in [9.17, 15) is 4.79 Å². The van der Waals surface area contributed by atoms with Gasteiger partial charge in [0.2, 0.25) is 5.78 Å². The first-order valence-corrected chi connectivity index (χ1v) is 9.95. The lowest BCUT2D eigenvalue weighted by Crippen LogP contribution is -2.00. The molecule has 0 bridgehead atoms. The molecule has 0 saturated carbocycles. The molecule has 1 heterocycles. The van der Waals surface area contributed by atoms with Gasteiger partial charge in [-0.1, -0.05) is 53.0 Å². The molecular weight excluding hydrogens is 431 g/mol. The Morgan fingerprint density at radius 2 is 1.69 bits per heavy atom. The molecule has 6 heteroatoms. The Hall–Kier alpha value is -2.46. The molecule has 3 nitrogen and oxygen atoms in total. The average Bonchev–Trinajstić information content (AvgIpc) is 2.99. The third-order valence-corrected chi connectivity index (χ3v) is 5.36. The van der Waals surface area contributed by atoms with Gasteiger partial charge in [0.05, 0.1) is 5.56 Å². The zero-order valence-electron chi connectivity index (χ0n) is 15.3. The molecule has 0 atom stereocenters. The summed E-state index contributed by atoms with van der Waals surface area (Å²) >= 11 is 18.0. The molecule has 146 valence electrons. The number of allylic oxidation sites excluding steroid dienone is 1. The largest absolute Gasteiger partial charge is 0.489 e. The minimum Gasteiger partial charge on any atom is -0.489 e.